The van der Waals surface area contributed by atoms with E-state index in [-0.39, 0.29) is 22.4 Å². The molecule has 0 aliphatic heterocycles. The Hall–Kier alpha value is -2.09. The number of carbonyl (C=O) groups excluding carboxylic acids is 1. The highest BCUT2D eigenvalue weighted by molar-refractivity contribution is 7.16. The average molecular weight is 271 g/mol. The molecule has 1 amide bonds. The van der Waals surface area contributed by atoms with Crippen molar-refractivity contribution in [2.45, 2.75) is 0 Å². The Morgan fingerprint density at radius 3 is 2.61 bits per heavy atom. The summed E-state index contributed by atoms with van der Waals surface area (Å²) in [5, 5.41) is 7.20. The molecule has 0 unspecified atom stereocenters. The van der Waals surface area contributed by atoms with Gasteiger partial charge in [0, 0.05) is 0 Å². The number of primary amides is 1. The number of hydrogen-bond donors (Lipinski definition) is 1. The zero-order valence-corrected chi connectivity index (χ0v) is 9.71. The van der Waals surface area contributed by atoms with Crippen molar-refractivity contribution in [3.63, 3.8) is 0 Å². The summed E-state index contributed by atoms with van der Waals surface area (Å²) in [4.78, 5) is 10.5. The molecule has 0 saturated carbocycles. The normalized spacial score (nSPS) is 10.3. The number of aromatic nitrogens is 2. The predicted molar refractivity (Wildman–Crippen MR) is 60.0 cm³/mol. The third-order valence-electron chi connectivity index (χ3n) is 1.92. The van der Waals surface area contributed by atoms with Gasteiger partial charge >= 0.3 is 0 Å². The highest BCUT2D eigenvalue weighted by Crippen LogP contribution is 2.31. The second-order valence-corrected chi connectivity index (χ2v) is 4.16. The molecule has 94 valence electrons. The Balaban J connectivity index is 2.27. The van der Waals surface area contributed by atoms with Crippen molar-refractivity contribution in [1.29, 1.82) is 0 Å². The van der Waals surface area contributed by atoms with Gasteiger partial charge in [-0.2, -0.15) is 0 Å². The van der Waals surface area contributed by atoms with Crippen LogP contribution < -0.4 is 10.5 Å². The molecule has 1 aromatic carbocycles. The number of ether oxygens (including phenoxy) is 1. The maximum Gasteiger partial charge on any atom is 0.294 e. The number of hydrogen-bond acceptors (Lipinski definition) is 5. The van der Waals surface area contributed by atoms with Gasteiger partial charge in [-0.1, -0.05) is 22.5 Å². The van der Waals surface area contributed by atoms with Crippen LogP contribution in [-0.4, -0.2) is 22.7 Å². The smallest absolute Gasteiger partial charge is 0.294 e. The van der Waals surface area contributed by atoms with Gasteiger partial charge in [0.15, 0.2) is 11.6 Å². The summed E-state index contributed by atoms with van der Waals surface area (Å²) in [5.41, 5.74) is 4.60. The molecule has 8 heteroatoms. The first-order valence-corrected chi connectivity index (χ1v) is 5.58. The average Bonchev–Trinajstić information content (AvgIpc) is 2.75. The maximum absolute atomic E-state index is 13.4. The van der Waals surface area contributed by atoms with Gasteiger partial charge in [0.2, 0.25) is 0 Å². The molecule has 1 aromatic heterocycles. The molecule has 0 aliphatic carbocycles. The molecule has 1 heterocycles. The zero-order valence-electron chi connectivity index (χ0n) is 8.89. The fraction of sp³-hybridized carbons (Fsp3) is 0.100. The van der Waals surface area contributed by atoms with E-state index in [4.69, 9.17) is 10.5 Å². The summed E-state index contributed by atoms with van der Waals surface area (Å²) in [6.07, 6.45) is 0. The molecule has 0 atom stereocenters. The molecular weight excluding hydrogens is 264 g/mol. The summed E-state index contributed by atoms with van der Waals surface area (Å²) in [7, 11) is 0. The van der Waals surface area contributed by atoms with Gasteiger partial charge in [-0.3, -0.25) is 4.79 Å². The van der Waals surface area contributed by atoms with E-state index in [1.54, 1.807) is 0 Å². The second-order valence-electron chi connectivity index (χ2n) is 3.22. The standard InChI is InChI=1S/C10H7F2N3O2S/c11-5-2-1-3-6(12)8(5)9-14-15-10(18-9)17-4-7(13)16/h1-3H,4H2,(H2,13,16). The fourth-order valence-corrected chi connectivity index (χ4v) is 1.95. The molecule has 0 spiro atoms. The minimum Gasteiger partial charge on any atom is -0.459 e. The lowest BCUT2D eigenvalue weighted by Crippen LogP contribution is -2.19. The van der Waals surface area contributed by atoms with Crippen LogP contribution in [0.1, 0.15) is 0 Å². The summed E-state index contributed by atoms with van der Waals surface area (Å²) < 4.78 is 31.8. The number of carbonyl (C=O) groups is 1. The lowest BCUT2D eigenvalue weighted by Gasteiger charge is -1.99. The molecule has 0 bridgehead atoms. The third-order valence-corrected chi connectivity index (χ3v) is 2.77. The third kappa shape index (κ3) is 2.59. The molecule has 0 radical (unpaired) electrons. The van der Waals surface area contributed by atoms with E-state index in [1.807, 2.05) is 0 Å². The Morgan fingerprint density at radius 2 is 2.00 bits per heavy atom. The van der Waals surface area contributed by atoms with Crippen LogP contribution in [0.3, 0.4) is 0 Å². The molecule has 18 heavy (non-hydrogen) atoms. The van der Waals surface area contributed by atoms with Crippen LogP contribution in [0, 0.1) is 11.6 Å². The number of nitrogens with zero attached hydrogens (tertiary/aromatic N) is 2. The van der Waals surface area contributed by atoms with E-state index in [1.165, 1.54) is 6.07 Å². The topological polar surface area (TPSA) is 78.1 Å². The second kappa shape index (κ2) is 5.05. The van der Waals surface area contributed by atoms with Crippen LogP contribution in [0.15, 0.2) is 18.2 Å². The van der Waals surface area contributed by atoms with E-state index in [0.29, 0.717) is 0 Å². The molecule has 2 rings (SSSR count). The van der Waals surface area contributed by atoms with Crippen LogP contribution in [0.2, 0.25) is 0 Å². The maximum atomic E-state index is 13.4. The lowest BCUT2D eigenvalue weighted by molar-refractivity contribution is -0.119. The van der Waals surface area contributed by atoms with E-state index in [9.17, 15) is 13.6 Å². The predicted octanol–water partition coefficient (Wildman–Crippen LogP) is 1.35. The summed E-state index contributed by atoms with van der Waals surface area (Å²) in [5.74, 6) is -2.16. The first-order chi connectivity index (χ1) is 8.58. The van der Waals surface area contributed by atoms with Gasteiger partial charge in [0.25, 0.3) is 11.1 Å². The molecule has 0 fully saturated rings. The minimum atomic E-state index is -0.743. The number of nitrogens with two attached hydrogens (primary N) is 1. The SMILES string of the molecule is NC(=O)COc1nnc(-c2c(F)cccc2F)s1. The molecule has 0 aliphatic rings. The van der Waals surface area contributed by atoms with Crippen molar-refractivity contribution in [2.75, 3.05) is 6.61 Å². The van der Waals surface area contributed by atoms with Crippen molar-refractivity contribution >= 4 is 17.2 Å². The number of benzene rings is 1. The number of rotatable bonds is 4. The lowest BCUT2D eigenvalue weighted by atomic mass is 10.2. The highest BCUT2D eigenvalue weighted by atomic mass is 32.1. The largest absolute Gasteiger partial charge is 0.459 e. The van der Waals surface area contributed by atoms with Crippen LogP contribution in [-0.2, 0) is 4.79 Å². The van der Waals surface area contributed by atoms with Crippen LogP contribution in [0.25, 0.3) is 10.6 Å². The Labute approximate surface area is 104 Å². The summed E-state index contributed by atoms with van der Waals surface area (Å²) >= 11 is 0.824. The van der Waals surface area contributed by atoms with Gasteiger partial charge in [0.1, 0.15) is 11.6 Å². The Morgan fingerprint density at radius 1 is 1.33 bits per heavy atom. The minimum absolute atomic E-state index is 0.0199. The molecule has 2 aromatic rings. The van der Waals surface area contributed by atoms with E-state index in [2.05, 4.69) is 10.2 Å². The Kier molecular flexibility index (Phi) is 3.47. The summed E-state index contributed by atoms with van der Waals surface area (Å²) in [6, 6.07) is 3.48. The number of halogens is 2. The van der Waals surface area contributed by atoms with Crippen molar-refractivity contribution in [2.24, 2.45) is 5.73 Å². The Bertz CT molecular complexity index is 568. The van der Waals surface area contributed by atoms with E-state index >= 15 is 0 Å². The van der Waals surface area contributed by atoms with Crippen molar-refractivity contribution in [3.8, 4) is 15.8 Å². The molecular formula is C10H7F2N3O2S. The van der Waals surface area contributed by atoms with Gasteiger partial charge in [-0.15, -0.1) is 5.10 Å². The zero-order chi connectivity index (χ0) is 13.1. The van der Waals surface area contributed by atoms with Crippen LogP contribution in [0.4, 0.5) is 8.78 Å². The van der Waals surface area contributed by atoms with Gasteiger partial charge in [0.05, 0.1) is 5.56 Å². The van der Waals surface area contributed by atoms with E-state index < -0.39 is 17.5 Å². The summed E-state index contributed by atoms with van der Waals surface area (Å²) in [6.45, 7) is -0.367. The monoisotopic (exact) mass is 271 g/mol. The van der Waals surface area contributed by atoms with Gasteiger partial charge in [-0.05, 0) is 12.1 Å². The van der Waals surface area contributed by atoms with Crippen molar-refractivity contribution in [3.05, 3.63) is 29.8 Å². The molecule has 0 saturated heterocycles. The van der Waals surface area contributed by atoms with Gasteiger partial charge in [-0.25, -0.2) is 8.78 Å². The van der Waals surface area contributed by atoms with E-state index in [0.717, 1.165) is 23.5 Å². The van der Waals surface area contributed by atoms with Crippen LogP contribution in [0.5, 0.6) is 5.19 Å². The fourth-order valence-electron chi connectivity index (χ4n) is 1.20. The highest BCUT2D eigenvalue weighted by Gasteiger charge is 2.16. The van der Waals surface area contributed by atoms with Crippen LogP contribution >= 0.6 is 11.3 Å². The first kappa shape index (κ1) is 12.4. The quantitative estimate of drug-likeness (QED) is 0.910. The first-order valence-electron chi connectivity index (χ1n) is 4.77. The molecule has 5 nitrogen and oxygen atoms in total. The molecule has 2 N–H and O–H groups in total. The van der Waals surface area contributed by atoms with Crippen molar-refractivity contribution < 1.29 is 18.3 Å². The van der Waals surface area contributed by atoms with Gasteiger partial charge < -0.3 is 10.5 Å². The van der Waals surface area contributed by atoms with Crippen molar-refractivity contribution in [1.82, 2.24) is 10.2 Å². The number of amides is 1.